The van der Waals surface area contributed by atoms with E-state index in [4.69, 9.17) is 15.2 Å². The molecular formula is C16H20N4O4. The molecule has 2 aromatic rings. The number of nitrogen functional groups attached to an aromatic ring is 1. The number of nitrogens with one attached hydrogen (secondary N) is 1. The topological polar surface area (TPSA) is 109 Å². The third kappa shape index (κ3) is 4.32. The molecule has 0 aliphatic carbocycles. The molecule has 2 rings (SSSR count). The largest absolute Gasteiger partial charge is 0.465 e. The van der Waals surface area contributed by atoms with E-state index in [1.165, 1.54) is 13.4 Å². The third-order valence-electron chi connectivity index (χ3n) is 3.14. The quantitative estimate of drug-likeness (QED) is 0.742. The fourth-order valence-corrected chi connectivity index (χ4v) is 1.99. The van der Waals surface area contributed by atoms with Crippen LogP contribution in [-0.4, -0.2) is 42.8 Å². The number of nitrogens with zero attached hydrogens (tertiary/aromatic N) is 2. The summed E-state index contributed by atoms with van der Waals surface area (Å²) in [5.74, 6) is 0.768. The van der Waals surface area contributed by atoms with Gasteiger partial charge in [-0.05, 0) is 31.2 Å². The van der Waals surface area contributed by atoms with Crippen molar-refractivity contribution in [3.63, 3.8) is 0 Å². The van der Waals surface area contributed by atoms with Gasteiger partial charge in [0.25, 0.3) is 0 Å². The van der Waals surface area contributed by atoms with E-state index in [1.54, 1.807) is 31.4 Å². The first kappa shape index (κ1) is 17.5. The Morgan fingerprint density at radius 1 is 1.25 bits per heavy atom. The summed E-state index contributed by atoms with van der Waals surface area (Å²) < 4.78 is 15.4. The maximum absolute atomic E-state index is 11.4. The predicted octanol–water partition coefficient (Wildman–Crippen LogP) is 2.08. The van der Waals surface area contributed by atoms with E-state index < -0.39 is 5.97 Å². The number of hydrogen-bond donors (Lipinski definition) is 2. The van der Waals surface area contributed by atoms with Gasteiger partial charge >= 0.3 is 5.97 Å². The molecule has 0 saturated carbocycles. The molecule has 1 aromatic heterocycles. The zero-order valence-corrected chi connectivity index (χ0v) is 13.8. The van der Waals surface area contributed by atoms with Crippen molar-refractivity contribution >= 4 is 17.5 Å². The number of carbonyl (C=O) groups is 1. The molecule has 0 fully saturated rings. The number of aromatic nitrogens is 2. The van der Waals surface area contributed by atoms with Gasteiger partial charge < -0.3 is 25.3 Å². The van der Waals surface area contributed by atoms with Crippen LogP contribution in [0, 0.1) is 0 Å². The van der Waals surface area contributed by atoms with Crippen molar-refractivity contribution in [2.24, 2.45) is 0 Å². The van der Waals surface area contributed by atoms with Crippen LogP contribution < -0.4 is 15.8 Å². The van der Waals surface area contributed by atoms with E-state index in [1.807, 2.05) is 6.92 Å². The molecule has 8 heteroatoms. The summed E-state index contributed by atoms with van der Waals surface area (Å²) in [6.45, 7) is 2.45. The molecule has 1 unspecified atom stereocenters. The molecular weight excluding hydrogens is 312 g/mol. The van der Waals surface area contributed by atoms with Gasteiger partial charge in [0, 0.05) is 13.2 Å². The number of esters is 1. The van der Waals surface area contributed by atoms with Gasteiger partial charge in [0.2, 0.25) is 5.88 Å². The van der Waals surface area contributed by atoms with Crippen LogP contribution in [0.25, 0.3) is 0 Å². The lowest BCUT2D eigenvalue weighted by molar-refractivity contribution is 0.0600. The summed E-state index contributed by atoms with van der Waals surface area (Å²) in [4.78, 5) is 19.6. The number of anilines is 2. The first-order valence-corrected chi connectivity index (χ1v) is 7.27. The average molecular weight is 332 g/mol. The van der Waals surface area contributed by atoms with Gasteiger partial charge in [0.05, 0.1) is 19.3 Å². The summed E-state index contributed by atoms with van der Waals surface area (Å²) in [6, 6.07) is 6.49. The van der Waals surface area contributed by atoms with Gasteiger partial charge in [-0.15, -0.1) is 0 Å². The molecule has 0 bridgehead atoms. The molecule has 8 nitrogen and oxygen atoms in total. The molecule has 0 saturated heterocycles. The highest BCUT2D eigenvalue weighted by molar-refractivity contribution is 5.89. The van der Waals surface area contributed by atoms with Gasteiger partial charge in [0.15, 0.2) is 5.82 Å². The monoisotopic (exact) mass is 332 g/mol. The number of benzene rings is 1. The third-order valence-corrected chi connectivity index (χ3v) is 3.14. The first-order valence-electron chi connectivity index (χ1n) is 7.27. The highest BCUT2D eigenvalue weighted by Gasteiger charge is 2.13. The molecule has 128 valence electrons. The normalized spacial score (nSPS) is 11.6. The number of carbonyl (C=O) groups excluding carboxylic acids is 1. The van der Waals surface area contributed by atoms with Gasteiger partial charge in [-0.25, -0.2) is 9.78 Å². The number of hydrogen-bond acceptors (Lipinski definition) is 8. The van der Waals surface area contributed by atoms with E-state index in [9.17, 15) is 4.79 Å². The van der Waals surface area contributed by atoms with Crippen LogP contribution in [0.15, 0.2) is 30.6 Å². The molecule has 1 heterocycles. The number of nitrogens with two attached hydrogens (primary N) is 1. The molecule has 1 atom stereocenters. The van der Waals surface area contributed by atoms with Crippen molar-refractivity contribution < 1.29 is 19.0 Å². The fourth-order valence-electron chi connectivity index (χ4n) is 1.99. The highest BCUT2D eigenvalue weighted by Crippen LogP contribution is 2.29. The molecule has 0 amide bonds. The van der Waals surface area contributed by atoms with E-state index in [0.717, 1.165) is 0 Å². The Kier molecular flexibility index (Phi) is 5.91. The smallest absolute Gasteiger partial charge is 0.337 e. The standard InChI is InChI=1S/C16H20N4O4/c1-10(8-22-2)20-14-13(17)15(19-9-18-14)24-12-6-4-11(5-7-12)16(21)23-3/h4-7,9-10H,8,17H2,1-3H3,(H,18,19,20). The highest BCUT2D eigenvalue weighted by atomic mass is 16.5. The Labute approximate surface area is 140 Å². The second-order valence-electron chi connectivity index (χ2n) is 5.06. The summed E-state index contributed by atoms with van der Waals surface area (Å²) in [5, 5.41) is 3.13. The summed E-state index contributed by atoms with van der Waals surface area (Å²) >= 11 is 0. The second kappa shape index (κ2) is 8.11. The summed E-state index contributed by atoms with van der Waals surface area (Å²) in [5.41, 5.74) is 6.76. The van der Waals surface area contributed by atoms with Gasteiger partial charge in [0.1, 0.15) is 17.8 Å². The average Bonchev–Trinajstić information content (AvgIpc) is 2.58. The summed E-state index contributed by atoms with van der Waals surface area (Å²) in [6.07, 6.45) is 1.36. The predicted molar refractivity (Wildman–Crippen MR) is 89.3 cm³/mol. The van der Waals surface area contributed by atoms with Crippen molar-refractivity contribution in [3.05, 3.63) is 36.2 Å². The van der Waals surface area contributed by atoms with Crippen LogP contribution in [-0.2, 0) is 9.47 Å². The first-order chi connectivity index (χ1) is 11.5. The van der Waals surface area contributed by atoms with E-state index >= 15 is 0 Å². The van der Waals surface area contributed by atoms with Crippen LogP contribution >= 0.6 is 0 Å². The van der Waals surface area contributed by atoms with Gasteiger partial charge in [-0.2, -0.15) is 4.98 Å². The summed E-state index contributed by atoms with van der Waals surface area (Å²) in [7, 11) is 2.95. The SMILES string of the molecule is COCC(C)Nc1ncnc(Oc2ccc(C(=O)OC)cc2)c1N. The molecule has 0 spiro atoms. The van der Waals surface area contributed by atoms with Crippen LogP contribution in [0.1, 0.15) is 17.3 Å². The number of methoxy groups -OCH3 is 2. The Bertz CT molecular complexity index is 691. The fraction of sp³-hybridized carbons (Fsp3) is 0.312. The van der Waals surface area contributed by atoms with E-state index in [-0.39, 0.29) is 17.6 Å². The molecule has 1 aromatic carbocycles. The molecule has 0 aliphatic rings. The van der Waals surface area contributed by atoms with E-state index in [2.05, 4.69) is 20.0 Å². The Balaban J connectivity index is 2.13. The van der Waals surface area contributed by atoms with Gasteiger partial charge in [-0.3, -0.25) is 0 Å². The lowest BCUT2D eigenvalue weighted by Crippen LogP contribution is -2.22. The molecule has 24 heavy (non-hydrogen) atoms. The van der Waals surface area contributed by atoms with Crippen molar-refractivity contribution in [1.29, 1.82) is 0 Å². The lowest BCUT2D eigenvalue weighted by atomic mass is 10.2. The maximum atomic E-state index is 11.4. The minimum absolute atomic E-state index is 0.0272. The van der Waals surface area contributed by atoms with Crippen LogP contribution in [0.5, 0.6) is 11.6 Å². The Hall–Kier alpha value is -2.87. The Morgan fingerprint density at radius 3 is 2.58 bits per heavy atom. The number of rotatable bonds is 7. The van der Waals surface area contributed by atoms with Crippen LogP contribution in [0.4, 0.5) is 11.5 Å². The van der Waals surface area contributed by atoms with Crippen molar-refractivity contribution in [3.8, 4) is 11.6 Å². The minimum atomic E-state index is -0.415. The van der Waals surface area contributed by atoms with Crippen LogP contribution in [0.3, 0.4) is 0 Å². The van der Waals surface area contributed by atoms with E-state index in [0.29, 0.717) is 23.7 Å². The molecule has 0 aliphatic heterocycles. The zero-order chi connectivity index (χ0) is 17.5. The zero-order valence-electron chi connectivity index (χ0n) is 13.8. The van der Waals surface area contributed by atoms with Gasteiger partial charge in [-0.1, -0.05) is 0 Å². The Morgan fingerprint density at radius 2 is 1.96 bits per heavy atom. The minimum Gasteiger partial charge on any atom is -0.465 e. The van der Waals surface area contributed by atoms with Crippen LogP contribution in [0.2, 0.25) is 0 Å². The van der Waals surface area contributed by atoms with Crippen molar-refractivity contribution in [2.45, 2.75) is 13.0 Å². The second-order valence-corrected chi connectivity index (χ2v) is 5.06. The van der Waals surface area contributed by atoms with Crippen molar-refractivity contribution in [2.75, 3.05) is 31.9 Å². The maximum Gasteiger partial charge on any atom is 0.337 e. The molecule has 3 N–H and O–H groups in total. The molecule has 0 radical (unpaired) electrons. The lowest BCUT2D eigenvalue weighted by Gasteiger charge is -2.16. The number of ether oxygens (including phenoxy) is 3. The van der Waals surface area contributed by atoms with Crippen molar-refractivity contribution in [1.82, 2.24) is 9.97 Å².